The second kappa shape index (κ2) is 6.36. The van der Waals surface area contributed by atoms with Crippen LogP contribution in [0.3, 0.4) is 0 Å². The summed E-state index contributed by atoms with van der Waals surface area (Å²) in [4.78, 5) is 19.1. The molecule has 1 saturated carbocycles. The molecule has 2 heterocycles. The van der Waals surface area contributed by atoms with Crippen LogP contribution in [0.15, 0.2) is 30.6 Å². The summed E-state index contributed by atoms with van der Waals surface area (Å²) in [6.45, 7) is 1.58. The molecule has 1 atom stereocenters. The summed E-state index contributed by atoms with van der Waals surface area (Å²) < 4.78 is 7.28. The highest BCUT2D eigenvalue weighted by atomic mass is 16.5. The first-order chi connectivity index (χ1) is 11.7. The molecule has 0 radical (unpaired) electrons. The van der Waals surface area contributed by atoms with Crippen LogP contribution in [-0.2, 0) is 11.8 Å². The minimum absolute atomic E-state index is 0.0338. The van der Waals surface area contributed by atoms with Crippen molar-refractivity contribution in [1.82, 2.24) is 19.7 Å². The number of hydrogen-bond acceptors (Lipinski definition) is 4. The van der Waals surface area contributed by atoms with E-state index in [0.29, 0.717) is 25.7 Å². The van der Waals surface area contributed by atoms with Gasteiger partial charge in [0.2, 0.25) is 0 Å². The number of carbonyl (C=O) groups excluding carboxylic acids is 1. The second-order valence-electron chi connectivity index (χ2n) is 6.58. The van der Waals surface area contributed by atoms with Crippen molar-refractivity contribution in [2.24, 2.45) is 7.05 Å². The van der Waals surface area contributed by atoms with Gasteiger partial charge in [-0.3, -0.25) is 9.48 Å². The lowest BCUT2D eigenvalue weighted by molar-refractivity contribution is -0.00618. The topological polar surface area (TPSA) is 60.2 Å². The Bertz CT molecular complexity index is 721. The maximum atomic E-state index is 13.0. The fraction of sp³-hybridized carbons (Fsp3) is 0.500. The van der Waals surface area contributed by atoms with Crippen LogP contribution in [0.25, 0.3) is 0 Å². The van der Waals surface area contributed by atoms with Gasteiger partial charge in [-0.2, -0.15) is 5.10 Å². The molecule has 6 heteroatoms. The smallest absolute Gasteiger partial charge is 0.254 e. The standard InChI is InChI=1S/C18H22N4O2/c1-21-17(19-12-20-21)16-11-24-10-9-22(16)18(23)15-7-5-14(6-8-15)13-3-2-4-13/h5-8,12-13,16H,2-4,9-11H2,1H3. The van der Waals surface area contributed by atoms with Crippen molar-refractivity contribution < 1.29 is 9.53 Å². The quantitative estimate of drug-likeness (QED) is 0.868. The molecule has 2 aliphatic rings. The molecule has 1 aromatic heterocycles. The molecule has 4 rings (SSSR count). The van der Waals surface area contributed by atoms with Crippen LogP contribution in [-0.4, -0.2) is 45.3 Å². The summed E-state index contributed by atoms with van der Waals surface area (Å²) in [5.74, 6) is 1.48. The second-order valence-corrected chi connectivity index (χ2v) is 6.58. The lowest BCUT2D eigenvalue weighted by Gasteiger charge is -2.35. The van der Waals surface area contributed by atoms with E-state index in [1.54, 1.807) is 4.68 Å². The van der Waals surface area contributed by atoms with Gasteiger partial charge in [-0.15, -0.1) is 0 Å². The number of rotatable bonds is 3. The van der Waals surface area contributed by atoms with Crippen LogP contribution < -0.4 is 0 Å². The number of morpholine rings is 1. The van der Waals surface area contributed by atoms with E-state index in [4.69, 9.17) is 4.74 Å². The normalized spacial score (nSPS) is 21.5. The first-order valence-corrected chi connectivity index (χ1v) is 8.56. The maximum absolute atomic E-state index is 13.0. The van der Waals surface area contributed by atoms with Gasteiger partial charge < -0.3 is 9.64 Å². The Balaban J connectivity index is 1.56. The number of amides is 1. The average Bonchev–Trinajstić information content (AvgIpc) is 2.99. The monoisotopic (exact) mass is 326 g/mol. The van der Waals surface area contributed by atoms with E-state index >= 15 is 0 Å². The lowest BCUT2D eigenvalue weighted by Crippen LogP contribution is -2.44. The summed E-state index contributed by atoms with van der Waals surface area (Å²) >= 11 is 0. The van der Waals surface area contributed by atoms with Crippen molar-refractivity contribution in [3.05, 3.63) is 47.5 Å². The Labute approximate surface area is 141 Å². The molecule has 2 fully saturated rings. The van der Waals surface area contributed by atoms with Crippen molar-refractivity contribution >= 4 is 5.91 Å². The summed E-state index contributed by atoms with van der Waals surface area (Å²) in [6.07, 6.45) is 5.37. The summed E-state index contributed by atoms with van der Waals surface area (Å²) in [6, 6.07) is 7.94. The fourth-order valence-corrected chi connectivity index (χ4v) is 3.47. The van der Waals surface area contributed by atoms with Gasteiger partial charge in [0.05, 0.1) is 13.2 Å². The molecule has 1 unspecified atom stereocenters. The summed E-state index contributed by atoms with van der Waals surface area (Å²) in [5.41, 5.74) is 2.08. The van der Waals surface area contributed by atoms with Crippen LogP contribution in [0.2, 0.25) is 0 Å². The maximum Gasteiger partial charge on any atom is 0.254 e. The largest absolute Gasteiger partial charge is 0.377 e. The molecular weight excluding hydrogens is 304 g/mol. The van der Waals surface area contributed by atoms with Gasteiger partial charge in [0.15, 0.2) is 5.82 Å². The molecule has 1 aliphatic carbocycles. The zero-order valence-corrected chi connectivity index (χ0v) is 13.9. The van der Waals surface area contributed by atoms with E-state index < -0.39 is 0 Å². The number of benzene rings is 1. The Hall–Kier alpha value is -2.21. The van der Waals surface area contributed by atoms with E-state index in [9.17, 15) is 4.79 Å². The predicted molar refractivity (Wildman–Crippen MR) is 88.6 cm³/mol. The number of aryl methyl sites for hydroxylation is 1. The first kappa shape index (κ1) is 15.3. The molecular formula is C18H22N4O2. The lowest BCUT2D eigenvalue weighted by atomic mass is 9.80. The molecule has 0 N–H and O–H groups in total. The Morgan fingerprint density at radius 2 is 2.04 bits per heavy atom. The third kappa shape index (κ3) is 2.71. The molecule has 0 bridgehead atoms. The molecule has 24 heavy (non-hydrogen) atoms. The van der Waals surface area contributed by atoms with Gasteiger partial charge in [0.25, 0.3) is 5.91 Å². The van der Waals surface area contributed by atoms with E-state index in [2.05, 4.69) is 22.2 Å². The van der Waals surface area contributed by atoms with Crippen molar-refractivity contribution in [2.45, 2.75) is 31.2 Å². The minimum atomic E-state index is -0.190. The first-order valence-electron chi connectivity index (χ1n) is 8.56. The molecule has 6 nitrogen and oxygen atoms in total. The fourth-order valence-electron chi connectivity index (χ4n) is 3.47. The van der Waals surface area contributed by atoms with E-state index in [1.165, 1.54) is 31.2 Å². The number of nitrogens with zero attached hydrogens (tertiary/aromatic N) is 4. The van der Waals surface area contributed by atoms with E-state index in [0.717, 1.165) is 11.4 Å². The van der Waals surface area contributed by atoms with Gasteiger partial charge in [0, 0.05) is 19.2 Å². The molecule has 1 aromatic carbocycles. The predicted octanol–water partition coefficient (Wildman–Crippen LogP) is 2.30. The zero-order valence-electron chi connectivity index (χ0n) is 13.9. The van der Waals surface area contributed by atoms with Gasteiger partial charge >= 0.3 is 0 Å². The number of hydrogen-bond donors (Lipinski definition) is 0. The van der Waals surface area contributed by atoms with Crippen LogP contribution in [0.4, 0.5) is 0 Å². The third-order valence-electron chi connectivity index (χ3n) is 5.17. The molecule has 1 saturated heterocycles. The van der Waals surface area contributed by atoms with Gasteiger partial charge in [-0.05, 0) is 36.5 Å². The number of ether oxygens (including phenoxy) is 1. The van der Waals surface area contributed by atoms with Crippen LogP contribution in [0.1, 0.15) is 53.0 Å². The number of carbonyl (C=O) groups is 1. The van der Waals surface area contributed by atoms with Gasteiger partial charge in [0.1, 0.15) is 12.4 Å². The van der Waals surface area contributed by atoms with Crippen molar-refractivity contribution in [3.63, 3.8) is 0 Å². The van der Waals surface area contributed by atoms with Crippen molar-refractivity contribution in [3.8, 4) is 0 Å². The Morgan fingerprint density at radius 1 is 1.25 bits per heavy atom. The third-order valence-corrected chi connectivity index (χ3v) is 5.17. The zero-order chi connectivity index (χ0) is 16.5. The van der Waals surface area contributed by atoms with E-state index in [-0.39, 0.29) is 11.9 Å². The average molecular weight is 326 g/mol. The van der Waals surface area contributed by atoms with Crippen LogP contribution >= 0.6 is 0 Å². The molecule has 1 amide bonds. The van der Waals surface area contributed by atoms with Crippen LogP contribution in [0.5, 0.6) is 0 Å². The van der Waals surface area contributed by atoms with Crippen molar-refractivity contribution in [1.29, 1.82) is 0 Å². The highest BCUT2D eigenvalue weighted by Gasteiger charge is 2.32. The summed E-state index contributed by atoms with van der Waals surface area (Å²) in [7, 11) is 1.84. The van der Waals surface area contributed by atoms with Crippen LogP contribution in [0, 0.1) is 0 Å². The molecule has 0 spiro atoms. The molecule has 1 aliphatic heterocycles. The Morgan fingerprint density at radius 3 is 2.67 bits per heavy atom. The highest BCUT2D eigenvalue weighted by Crippen LogP contribution is 2.36. The van der Waals surface area contributed by atoms with Crippen molar-refractivity contribution in [2.75, 3.05) is 19.8 Å². The molecule has 2 aromatic rings. The van der Waals surface area contributed by atoms with E-state index in [1.807, 2.05) is 24.1 Å². The SMILES string of the molecule is Cn1ncnc1C1COCCN1C(=O)c1ccc(C2CCC2)cc1. The number of aromatic nitrogens is 3. The Kier molecular flexibility index (Phi) is 4.06. The summed E-state index contributed by atoms with van der Waals surface area (Å²) in [5, 5.41) is 4.12. The highest BCUT2D eigenvalue weighted by molar-refractivity contribution is 5.94. The minimum Gasteiger partial charge on any atom is -0.377 e. The van der Waals surface area contributed by atoms with Gasteiger partial charge in [-0.25, -0.2) is 4.98 Å². The molecule has 126 valence electrons. The van der Waals surface area contributed by atoms with Gasteiger partial charge in [-0.1, -0.05) is 18.6 Å².